The predicted octanol–water partition coefficient (Wildman–Crippen LogP) is 12.8. The molecule has 0 spiro atoms. The summed E-state index contributed by atoms with van der Waals surface area (Å²) in [5.41, 5.74) is 13.9. The van der Waals surface area contributed by atoms with Crippen LogP contribution in [-0.4, -0.2) is 15.0 Å². The second kappa shape index (κ2) is 14.2. The molecule has 0 atom stereocenters. The third kappa shape index (κ3) is 6.88. The largest absolute Gasteiger partial charge is 0.260 e. The van der Waals surface area contributed by atoms with Gasteiger partial charge in [0.05, 0.1) is 11.4 Å². The van der Waals surface area contributed by atoms with E-state index in [-0.39, 0.29) is 0 Å². The number of hydrogen-bond acceptors (Lipinski definition) is 3. The highest BCUT2D eigenvalue weighted by molar-refractivity contribution is 5.87. The van der Waals surface area contributed by atoms with Gasteiger partial charge in [-0.1, -0.05) is 159 Å². The number of aryl methyl sites for hydroxylation is 1. The van der Waals surface area contributed by atoms with E-state index in [1.54, 1.807) is 0 Å². The second-order valence-electron chi connectivity index (χ2n) is 12.8. The number of fused-ring (bicyclic) bond motifs is 1. The summed E-state index contributed by atoms with van der Waals surface area (Å²) >= 11 is 0. The molecule has 0 radical (unpaired) electrons. The molecule has 0 aliphatic carbocycles. The molecule has 244 valence electrons. The number of nitrogens with zero attached hydrogens (tertiary/aromatic N) is 3. The fraction of sp³-hybridized carbons (Fsp3) is 0.0625. The van der Waals surface area contributed by atoms with Crippen molar-refractivity contribution in [3.63, 3.8) is 0 Å². The fourth-order valence-corrected chi connectivity index (χ4v) is 6.47. The summed E-state index contributed by atoms with van der Waals surface area (Å²) < 4.78 is 0. The minimum atomic E-state index is 0.693. The molecule has 3 heteroatoms. The van der Waals surface area contributed by atoms with Gasteiger partial charge in [0, 0.05) is 34.1 Å². The standard InChI is InChI=1S/C48H37N3/c1-3-4-10-42-29-45(32-49-33(42)2)38-17-24-40(25-18-38)47-31-46(39-22-15-36(16-23-39)34-11-6-5-7-12-34)50-48(51-47)41-26-19-37(20-27-41)44-28-21-35-13-8-9-14-43(35)30-44/h4-32H,3H2,1-2H3/b10-4-. The van der Waals surface area contributed by atoms with Crippen LogP contribution < -0.4 is 0 Å². The van der Waals surface area contributed by atoms with Crippen molar-refractivity contribution in [1.82, 2.24) is 15.0 Å². The second-order valence-corrected chi connectivity index (χ2v) is 12.8. The van der Waals surface area contributed by atoms with E-state index in [1.807, 2.05) is 12.3 Å². The van der Waals surface area contributed by atoms with Crippen molar-refractivity contribution in [1.29, 1.82) is 0 Å². The Morgan fingerprint density at radius 3 is 1.61 bits per heavy atom. The molecule has 0 unspecified atom stereocenters. The Hall–Kier alpha value is -6.45. The first-order valence-electron chi connectivity index (χ1n) is 17.5. The smallest absolute Gasteiger partial charge is 0.160 e. The van der Waals surface area contributed by atoms with Crippen LogP contribution in [0.3, 0.4) is 0 Å². The van der Waals surface area contributed by atoms with Crippen LogP contribution in [0, 0.1) is 6.92 Å². The van der Waals surface area contributed by atoms with E-state index in [2.05, 4.69) is 183 Å². The highest BCUT2D eigenvalue weighted by atomic mass is 14.9. The third-order valence-electron chi connectivity index (χ3n) is 9.41. The lowest BCUT2D eigenvalue weighted by molar-refractivity contribution is 1.18. The maximum Gasteiger partial charge on any atom is 0.160 e. The zero-order valence-corrected chi connectivity index (χ0v) is 28.8. The number of pyridine rings is 1. The Labute approximate surface area is 299 Å². The van der Waals surface area contributed by atoms with Crippen LogP contribution in [0.4, 0.5) is 0 Å². The summed E-state index contributed by atoms with van der Waals surface area (Å²) in [6.45, 7) is 4.20. The van der Waals surface area contributed by atoms with Gasteiger partial charge in [0.1, 0.15) is 0 Å². The van der Waals surface area contributed by atoms with Gasteiger partial charge >= 0.3 is 0 Å². The Balaban J connectivity index is 1.16. The first kappa shape index (κ1) is 31.8. The van der Waals surface area contributed by atoms with Crippen LogP contribution >= 0.6 is 0 Å². The molecule has 0 N–H and O–H groups in total. The molecule has 2 heterocycles. The lowest BCUT2D eigenvalue weighted by Crippen LogP contribution is -1.96. The predicted molar refractivity (Wildman–Crippen MR) is 214 cm³/mol. The van der Waals surface area contributed by atoms with Gasteiger partial charge in [-0.15, -0.1) is 0 Å². The zero-order chi connectivity index (χ0) is 34.6. The average molecular weight is 656 g/mol. The van der Waals surface area contributed by atoms with Crippen LogP contribution in [0.1, 0.15) is 24.6 Å². The van der Waals surface area contributed by atoms with Crippen molar-refractivity contribution in [2.45, 2.75) is 20.3 Å². The minimum Gasteiger partial charge on any atom is -0.260 e. The SMILES string of the molecule is CC/C=C\c1cc(-c2ccc(-c3cc(-c4ccc(-c5ccccc5)cc4)nc(-c4ccc(-c5ccc6ccccc6c5)cc4)n3)cc2)cnc1C. The molecule has 51 heavy (non-hydrogen) atoms. The Kier molecular flexibility index (Phi) is 8.84. The molecular weight excluding hydrogens is 619 g/mol. The van der Waals surface area contributed by atoms with Crippen molar-refractivity contribution in [2.75, 3.05) is 0 Å². The van der Waals surface area contributed by atoms with E-state index in [9.17, 15) is 0 Å². The molecule has 8 aromatic rings. The van der Waals surface area contributed by atoms with E-state index >= 15 is 0 Å². The lowest BCUT2D eigenvalue weighted by Gasteiger charge is -2.12. The van der Waals surface area contributed by atoms with Gasteiger partial charge in [0.2, 0.25) is 0 Å². The van der Waals surface area contributed by atoms with Crippen LogP contribution in [0.15, 0.2) is 170 Å². The zero-order valence-electron chi connectivity index (χ0n) is 28.8. The first-order valence-corrected chi connectivity index (χ1v) is 17.5. The summed E-state index contributed by atoms with van der Waals surface area (Å²) in [7, 11) is 0. The number of allylic oxidation sites excluding steroid dienone is 1. The highest BCUT2D eigenvalue weighted by Gasteiger charge is 2.13. The normalized spacial score (nSPS) is 11.3. The molecule has 6 aromatic carbocycles. The Morgan fingerprint density at radius 1 is 0.451 bits per heavy atom. The number of hydrogen-bond donors (Lipinski definition) is 0. The molecule has 0 amide bonds. The van der Waals surface area contributed by atoms with Gasteiger partial charge in [-0.2, -0.15) is 0 Å². The first-order chi connectivity index (χ1) is 25.1. The summed E-state index contributed by atoms with van der Waals surface area (Å²) in [5, 5.41) is 2.47. The van der Waals surface area contributed by atoms with Crippen molar-refractivity contribution < 1.29 is 0 Å². The van der Waals surface area contributed by atoms with E-state index in [1.165, 1.54) is 27.5 Å². The van der Waals surface area contributed by atoms with Crippen molar-refractivity contribution in [2.24, 2.45) is 0 Å². The minimum absolute atomic E-state index is 0.693. The summed E-state index contributed by atoms with van der Waals surface area (Å²) in [4.78, 5) is 14.9. The van der Waals surface area contributed by atoms with E-state index in [4.69, 9.17) is 9.97 Å². The molecule has 3 nitrogen and oxygen atoms in total. The maximum absolute atomic E-state index is 5.14. The monoisotopic (exact) mass is 655 g/mol. The van der Waals surface area contributed by atoms with Gasteiger partial charge in [0.25, 0.3) is 0 Å². The number of aromatic nitrogens is 3. The molecular formula is C48H37N3. The van der Waals surface area contributed by atoms with Crippen molar-refractivity contribution >= 4 is 16.8 Å². The molecule has 0 fully saturated rings. The summed E-state index contributed by atoms with van der Waals surface area (Å²) in [6.07, 6.45) is 7.28. The van der Waals surface area contributed by atoms with Gasteiger partial charge in [0.15, 0.2) is 5.82 Å². The quantitative estimate of drug-likeness (QED) is 0.163. The molecule has 2 aromatic heterocycles. The van der Waals surface area contributed by atoms with Crippen molar-refractivity contribution in [3.05, 3.63) is 181 Å². The van der Waals surface area contributed by atoms with Crippen LogP contribution in [-0.2, 0) is 0 Å². The van der Waals surface area contributed by atoms with Crippen LogP contribution in [0.5, 0.6) is 0 Å². The van der Waals surface area contributed by atoms with Crippen molar-refractivity contribution in [3.8, 4) is 67.3 Å². The van der Waals surface area contributed by atoms with E-state index < -0.39 is 0 Å². The number of benzene rings is 6. The van der Waals surface area contributed by atoms with E-state index in [0.29, 0.717) is 5.82 Å². The topological polar surface area (TPSA) is 38.7 Å². The molecule has 8 rings (SSSR count). The molecule has 0 bridgehead atoms. The van der Waals surface area contributed by atoms with Gasteiger partial charge in [-0.05, 0) is 75.7 Å². The van der Waals surface area contributed by atoms with Crippen LogP contribution in [0.2, 0.25) is 0 Å². The number of rotatable bonds is 8. The Bertz CT molecular complexity index is 2480. The highest BCUT2D eigenvalue weighted by Crippen LogP contribution is 2.32. The molecule has 0 aliphatic heterocycles. The maximum atomic E-state index is 5.14. The summed E-state index contributed by atoms with van der Waals surface area (Å²) in [5.74, 6) is 0.693. The molecule has 0 saturated heterocycles. The van der Waals surface area contributed by atoms with E-state index in [0.717, 1.165) is 62.4 Å². The molecule has 0 aliphatic rings. The molecule has 0 saturated carbocycles. The Morgan fingerprint density at radius 2 is 0.961 bits per heavy atom. The summed E-state index contributed by atoms with van der Waals surface area (Å²) in [6, 6.07) is 55.7. The fourth-order valence-electron chi connectivity index (χ4n) is 6.47. The van der Waals surface area contributed by atoms with Gasteiger partial charge in [-0.3, -0.25) is 4.98 Å². The lowest BCUT2D eigenvalue weighted by atomic mass is 9.99. The average Bonchev–Trinajstić information content (AvgIpc) is 3.21. The van der Waals surface area contributed by atoms with Crippen LogP contribution in [0.25, 0.3) is 84.1 Å². The van der Waals surface area contributed by atoms with Gasteiger partial charge < -0.3 is 0 Å². The third-order valence-corrected chi connectivity index (χ3v) is 9.41. The van der Waals surface area contributed by atoms with Gasteiger partial charge in [-0.25, -0.2) is 9.97 Å².